The van der Waals surface area contributed by atoms with Crippen LogP contribution in [0.2, 0.25) is 0 Å². The van der Waals surface area contributed by atoms with Crippen LogP contribution < -0.4 is 5.73 Å². The number of hydrogen-bond donors (Lipinski definition) is 1. The van der Waals surface area contributed by atoms with Crippen LogP contribution in [0.5, 0.6) is 0 Å². The predicted octanol–water partition coefficient (Wildman–Crippen LogP) is 1.67. The molecular weight excluding hydrogens is 222 g/mol. The fourth-order valence-corrected chi connectivity index (χ4v) is 2.56. The Balaban J connectivity index is 1.76. The first-order chi connectivity index (χ1) is 8.78. The SMILES string of the molecule is CN(CCN1CCCC1)Cc1cccc(CN)c1. The van der Waals surface area contributed by atoms with Crippen molar-refractivity contribution in [3.05, 3.63) is 35.4 Å². The van der Waals surface area contributed by atoms with Crippen molar-refractivity contribution in [2.75, 3.05) is 33.2 Å². The Labute approximate surface area is 111 Å². The monoisotopic (exact) mass is 247 g/mol. The summed E-state index contributed by atoms with van der Waals surface area (Å²) in [5.74, 6) is 0. The first-order valence-electron chi connectivity index (χ1n) is 6.97. The van der Waals surface area contributed by atoms with Gasteiger partial charge in [-0.15, -0.1) is 0 Å². The summed E-state index contributed by atoms with van der Waals surface area (Å²) in [6.07, 6.45) is 2.75. The minimum atomic E-state index is 0.630. The van der Waals surface area contributed by atoms with E-state index >= 15 is 0 Å². The lowest BCUT2D eigenvalue weighted by molar-refractivity contribution is 0.252. The Morgan fingerprint density at radius 3 is 2.67 bits per heavy atom. The molecule has 0 aromatic heterocycles. The molecule has 1 aliphatic rings. The van der Waals surface area contributed by atoms with Crippen molar-refractivity contribution in [3.63, 3.8) is 0 Å². The smallest absolute Gasteiger partial charge is 0.0231 e. The van der Waals surface area contributed by atoms with Crippen LogP contribution in [0.25, 0.3) is 0 Å². The third kappa shape index (κ3) is 4.09. The van der Waals surface area contributed by atoms with Gasteiger partial charge in [0.25, 0.3) is 0 Å². The van der Waals surface area contributed by atoms with Crippen molar-refractivity contribution in [1.82, 2.24) is 9.80 Å². The zero-order chi connectivity index (χ0) is 12.8. The summed E-state index contributed by atoms with van der Waals surface area (Å²) in [4.78, 5) is 4.96. The number of benzene rings is 1. The molecule has 0 saturated carbocycles. The van der Waals surface area contributed by atoms with Gasteiger partial charge in [-0.05, 0) is 44.1 Å². The van der Waals surface area contributed by atoms with Gasteiger partial charge >= 0.3 is 0 Å². The van der Waals surface area contributed by atoms with Crippen LogP contribution in [0.3, 0.4) is 0 Å². The third-order valence-corrected chi connectivity index (χ3v) is 3.68. The molecule has 1 fully saturated rings. The fourth-order valence-electron chi connectivity index (χ4n) is 2.56. The molecule has 0 unspecified atom stereocenters. The van der Waals surface area contributed by atoms with Gasteiger partial charge in [0, 0.05) is 26.2 Å². The second-order valence-corrected chi connectivity index (χ2v) is 5.31. The molecule has 0 aliphatic carbocycles. The molecule has 3 nitrogen and oxygen atoms in total. The van der Waals surface area contributed by atoms with E-state index < -0.39 is 0 Å². The van der Waals surface area contributed by atoms with Gasteiger partial charge < -0.3 is 15.5 Å². The van der Waals surface area contributed by atoms with Crippen molar-refractivity contribution in [1.29, 1.82) is 0 Å². The number of hydrogen-bond acceptors (Lipinski definition) is 3. The lowest BCUT2D eigenvalue weighted by Crippen LogP contribution is -2.31. The number of rotatable bonds is 6. The Morgan fingerprint density at radius 2 is 1.94 bits per heavy atom. The van der Waals surface area contributed by atoms with Crippen LogP contribution in [0.15, 0.2) is 24.3 Å². The Hall–Kier alpha value is -0.900. The summed E-state index contributed by atoms with van der Waals surface area (Å²) in [6.45, 7) is 6.57. The second kappa shape index (κ2) is 6.88. The minimum absolute atomic E-state index is 0.630. The van der Waals surface area contributed by atoms with Gasteiger partial charge in [0.2, 0.25) is 0 Å². The van der Waals surface area contributed by atoms with Crippen molar-refractivity contribution >= 4 is 0 Å². The van der Waals surface area contributed by atoms with Gasteiger partial charge in [0.1, 0.15) is 0 Å². The third-order valence-electron chi connectivity index (χ3n) is 3.68. The van der Waals surface area contributed by atoms with Crippen LogP contribution in [0.1, 0.15) is 24.0 Å². The zero-order valence-electron chi connectivity index (χ0n) is 11.4. The predicted molar refractivity (Wildman–Crippen MR) is 76.3 cm³/mol. The standard InChI is InChI=1S/C15H25N3/c1-17(9-10-18-7-2-3-8-18)13-15-6-4-5-14(11-15)12-16/h4-6,11H,2-3,7-10,12-13,16H2,1H3. The quantitative estimate of drug-likeness (QED) is 0.830. The molecule has 1 aliphatic heterocycles. The average molecular weight is 247 g/mol. The maximum absolute atomic E-state index is 5.67. The normalized spacial score (nSPS) is 16.6. The van der Waals surface area contributed by atoms with Gasteiger partial charge in [-0.25, -0.2) is 0 Å². The maximum atomic E-state index is 5.67. The first-order valence-corrected chi connectivity index (χ1v) is 6.97. The fraction of sp³-hybridized carbons (Fsp3) is 0.600. The first kappa shape index (κ1) is 13.5. The molecule has 1 aromatic rings. The van der Waals surface area contributed by atoms with Gasteiger partial charge in [-0.1, -0.05) is 24.3 Å². The summed E-state index contributed by atoms with van der Waals surface area (Å²) in [6, 6.07) is 8.59. The van der Waals surface area contributed by atoms with Crippen molar-refractivity contribution in [2.24, 2.45) is 5.73 Å². The van der Waals surface area contributed by atoms with Crippen LogP contribution in [-0.2, 0) is 13.1 Å². The molecule has 0 spiro atoms. The lowest BCUT2D eigenvalue weighted by Gasteiger charge is -2.21. The Morgan fingerprint density at radius 1 is 1.22 bits per heavy atom. The van der Waals surface area contributed by atoms with Crippen LogP contribution in [-0.4, -0.2) is 43.0 Å². The van der Waals surface area contributed by atoms with Gasteiger partial charge in [-0.2, -0.15) is 0 Å². The van der Waals surface area contributed by atoms with Crippen molar-refractivity contribution in [3.8, 4) is 0 Å². The van der Waals surface area contributed by atoms with Gasteiger partial charge in [-0.3, -0.25) is 0 Å². The van der Waals surface area contributed by atoms with Crippen molar-refractivity contribution < 1.29 is 0 Å². The zero-order valence-corrected chi connectivity index (χ0v) is 11.4. The molecule has 18 heavy (non-hydrogen) atoms. The van der Waals surface area contributed by atoms with Crippen molar-refractivity contribution in [2.45, 2.75) is 25.9 Å². The molecule has 2 rings (SSSR count). The second-order valence-electron chi connectivity index (χ2n) is 5.31. The van der Waals surface area contributed by atoms with E-state index in [1.165, 1.54) is 43.6 Å². The highest BCUT2D eigenvalue weighted by atomic mass is 15.2. The van der Waals surface area contributed by atoms with E-state index in [2.05, 4.69) is 41.1 Å². The number of likely N-dealkylation sites (tertiary alicyclic amines) is 1. The molecule has 0 amide bonds. The molecule has 1 aromatic carbocycles. The summed E-state index contributed by atoms with van der Waals surface area (Å²) < 4.78 is 0. The van der Waals surface area contributed by atoms with E-state index in [-0.39, 0.29) is 0 Å². The molecule has 1 heterocycles. The largest absolute Gasteiger partial charge is 0.326 e. The lowest BCUT2D eigenvalue weighted by atomic mass is 10.1. The van der Waals surface area contributed by atoms with E-state index in [9.17, 15) is 0 Å². The molecule has 0 radical (unpaired) electrons. The maximum Gasteiger partial charge on any atom is 0.0231 e. The number of nitrogens with zero attached hydrogens (tertiary/aromatic N) is 2. The molecule has 100 valence electrons. The van der Waals surface area contributed by atoms with Gasteiger partial charge in [0.15, 0.2) is 0 Å². The molecule has 2 N–H and O–H groups in total. The molecule has 1 saturated heterocycles. The molecule has 0 atom stereocenters. The Bertz CT molecular complexity index is 359. The number of likely N-dealkylation sites (N-methyl/N-ethyl adjacent to an activating group) is 1. The van der Waals surface area contributed by atoms with E-state index in [1.807, 2.05) is 0 Å². The average Bonchev–Trinajstić information content (AvgIpc) is 2.90. The summed E-state index contributed by atoms with van der Waals surface area (Å²) in [7, 11) is 2.20. The van der Waals surface area contributed by atoms with E-state index in [4.69, 9.17) is 5.73 Å². The van der Waals surface area contributed by atoms with Crippen LogP contribution >= 0.6 is 0 Å². The van der Waals surface area contributed by atoms with Gasteiger partial charge in [0.05, 0.1) is 0 Å². The van der Waals surface area contributed by atoms with E-state index in [0.717, 1.165) is 13.1 Å². The summed E-state index contributed by atoms with van der Waals surface area (Å²) in [5, 5.41) is 0. The highest BCUT2D eigenvalue weighted by Gasteiger charge is 2.11. The highest BCUT2D eigenvalue weighted by molar-refractivity contribution is 5.23. The van der Waals surface area contributed by atoms with Crippen LogP contribution in [0.4, 0.5) is 0 Å². The van der Waals surface area contributed by atoms with E-state index in [0.29, 0.717) is 6.54 Å². The summed E-state index contributed by atoms with van der Waals surface area (Å²) >= 11 is 0. The Kier molecular flexibility index (Phi) is 5.17. The van der Waals surface area contributed by atoms with E-state index in [1.54, 1.807) is 0 Å². The van der Waals surface area contributed by atoms with Crippen LogP contribution in [0, 0.1) is 0 Å². The minimum Gasteiger partial charge on any atom is -0.326 e. The molecular formula is C15H25N3. The molecule has 0 bridgehead atoms. The summed E-state index contributed by atoms with van der Waals surface area (Å²) in [5.41, 5.74) is 8.26. The number of nitrogens with two attached hydrogens (primary N) is 1. The topological polar surface area (TPSA) is 32.5 Å². The highest BCUT2D eigenvalue weighted by Crippen LogP contribution is 2.09. The molecule has 3 heteroatoms.